The molecule has 0 bridgehead atoms. The molecule has 3 nitrogen and oxygen atoms in total. The maximum atomic E-state index is 12.8. The van der Waals surface area contributed by atoms with Gasteiger partial charge in [-0.1, -0.05) is 0 Å². The van der Waals surface area contributed by atoms with E-state index in [1.807, 2.05) is 6.07 Å². The van der Waals surface area contributed by atoms with Crippen molar-refractivity contribution in [3.8, 4) is 0 Å². The van der Waals surface area contributed by atoms with E-state index in [1.54, 1.807) is 12.3 Å². The Hall–Kier alpha value is -1.59. The number of pyridine rings is 1. The standard InChI is InChI=1S/C13H13FN2OS/c14-11-1-3-13(4-2-11)18(17)9-10-5-6-16-12(7-10)8-15/h1-7H,8-9,15H2. The van der Waals surface area contributed by atoms with E-state index in [-0.39, 0.29) is 5.82 Å². The summed E-state index contributed by atoms with van der Waals surface area (Å²) >= 11 is 0. The molecule has 0 aliphatic rings. The fraction of sp³-hybridized carbons (Fsp3) is 0.154. The van der Waals surface area contributed by atoms with Gasteiger partial charge in [-0.3, -0.25) is 9.19 Å². The van der Waals surface area contributed by atoms with Crippen LogP contribution in [0.2, 0.25) is 0 Å². The molecule has 1 atom stereocenters. The van der Waals surface area contributed by atoms with Crippen LogP contribution in [-0.4, -0.2) is 9.19 Å². The van der Waals surface area contributed by atoms with Gasteiger partial charge in [-0.05, 0) is 42.0 Å². The van der Waals surface area contributed by atoms with Gasteiger partial charge in [0.15, 0.2) is 0 Å². The summed E-state index contributed by atoms with van der Waals surface area (Å²) in [5, 5.41) is 0. The average molecular weight is 264 g/mol. The first kappa shape index (κ1) is 12.9. The van der Waals surface area contributed by atoms with Gasteiger partial charge in [-0.2, -0.15) is 0 Å². The third-order valence-corrected chi connectivity index (χ3v) is 3.86. The van der Waals surface area contributed by atoms with E-state index in [0.717, 1.165) is 11.3 Å². The van der Waals surface area contributed by atoms with Gasteiger partial charge in [-0.15, -0.1) is 0 Å². The molecule has 2 rings (SSSR count). The smallest absolute Gasteiger partial charge is 0.123 e. The number of nitrogens with zero attached hydrogens (tertiary/aromatic N) is 1. The Bertz CT molecular complexity index is 557. The highest BCUT2D eigenvalue weighted by molar-refractivity contribution is 7.84. The monoisotopic (exact) mass is 264 g/mol. The molecule has 0 aliphatic heterocycles. The third kappa shape index (κ3) is 3.21. The first-order valence-corrected chi connectivity index (χ1v) is 6.79. The molecule has 0 aliphatic carbocycles. The molecule has 0 saturated carbocycles. The van der Waals surface area contributed by atoms with Crippen LogP contribution in [-0.2, 0) is 23.1 Å². The molecule has 0 radical (unpaired) electrons. The van der Waals surface area contributed by atoms with Crippen molar-refractivity contribution in [2.45, 2.75) is 17.2 Å². The normalized spacial score (nSPS) is 12.3. The van der Waals surface area contributed by atoms with Crippen molar-refractivity contribution in [2.24, 2.45) is 5.73 Å². The van der Waals surface area contributed by atoms with Crippen molar-refractivity contribution in [3.05, 3.63) is 59.7 Å². The molecule has 2 aromatic rings. The number of benzene rings is 1. The van der Waals surface area contributed by atoms with Crippen LogP contribution >= 0.6 is 0 Å². The summed E-state index contributed by atoms with van der Waals surface area (Å²) in [4.78, 5) is 4.69. The first-order chi connectivity index (χ1) is 8.69. The number of nitrogens with two attached hydrogens (primary N) is 1. The summed E-state index contributed by atoms with van der Waals surface area (Å²) in [6.45, 7) is 0.358. The summed E-state index contributed by atoms with van der Waals surface area (Å²) in [6, 6.07) is 9.34. The van der Waals surface area contributed by atoms with Gasteiger partial charge in [0, 0.05) is 17.6 Å². The van der Waals surface area contributed by atoms with Crippen molar-refractivity contribution in [3.63, 3.8) is 0 Å². The Kier molecular flexibility index (Phi) is 4.17. The predicted molar refractivity (Wildman–Crippen MR) is 68.6 cm³/mol. The van der Waals surface area contributed by atoms with Crippen molar-refractivity contribution in [1.29, 1.82) is 0 Å². The lowest BCUT2D eigenvalue weighted by Crippen LogP contribution is -2.02. The third-order valence-electron chi connectivity index (χ3n) is 2.46. The minimum Gasteiger partial charge on any atom is -0.325 e. The molecule has 1 aromatic heterocycles. The lowest BCUT2D eigenvalue weighted by Gasteiger charge is -2.04. The minimum absolute atomic E-state index is 0.329. The zero-order chi connectivity index (χ0) is 13.0. The molecule has 1 unspecified atom stereocenters. The Morgan fingerprint density at radius 1 is 1.22 bits per heavy atom. The molecule has 1 heterocycles. The lowest BCUT2D eigenvalue weighted by atomic mass is 10.2. The molecular formula is C13H13FN2OS. The van der Waals surface area contributed by atoms with E-state index in [9.17, 15) is 8.60 Å². The molecule has 0 saturated heterocycles. The van der Waals surface area contributed by atoms with Crippen LogP contribution in [0.3, 0.4) is 0 Å². The van der Waals surface area contributed by atoms with Crippen molar-refractivity contribution < 1.29 is 8.60 Å². The highest BCUT2D eigenvalue weighted by Gasteiger charge is 2.06. The summed E-state index contributed by atoms with van der Waals surface area (Å²) in [6.07, 6.45) is 1.65. The van der Waals surface area contributed by atoms with Crippen LogP contribution in [0.25, 0.3) is 0 Å². The van der Waals surface area contributed by atoms with E-state index in [0.29, 0.717) is 17.2 Å². The van der Waals surface area contributed by atoms with Crippen molar-refractivity contribution in [1.82, 2.24) is 4.98 Å². The molecule has 2 N–H and O–H groups in total. The van der Waals surface area contributed by atoms with Crippen molar-refractivity contribution >= 4 is 10.8 Å². The van der Waals surface area contributed by atoms with Crippen LogP contribution in [0.1, 0.15) is 11.3 Å². The largest absolute Gasteiger partial charge is 0.325 e. The Balaban J connectivity index is 2.13. The second kappa shape index (κ2) is 5.84. The maximum absolute atomic E-state index is 12.8. The molecule has 18 heavy (non-hydrogen) atoms. The van der Waals surface area contributed by atoms with Gasteiger partial charge < -0.3 is 5.73 Å². The topological polar surface area (TPSA) is 56.0 Å². The summed E-state index contributed by atoms with van der Waals surface area (Å²) in [5.41, 5.74) is 7.17. The molecule has 1 aromatic carbocycles. The van der Waals surface area contributed by atoms with Gasteiger partial charge in [-0.25, -0.2) is 4.39 Å². The highest BCUT2D eigenvalue weighted by atomic mass is 32.2. The molecule has 0 spiro atoms. The van der Waals surface area contributed by atoms with E-state index < -0.39 is 10.8 Å². The fourth-order valence-corrected chi connectivity index (χ4v) is 2.64. The number of rotatable bonds is 4. The number of aromatic nitrogens is 1. The van der Waals surface area contributed by atoms with Crippen molar-refractivity contribution in [2.75, 3.05) is 0 Å². The number of hydrogen-bond acceptors (Lipinski definition) is 3. The zero-order valence-electron chi connectivity index (χ0n) is 9.67. The highest BCUT2D eigenvalue weighted by Crippen LogP contribution is 2.13. The summed E-state index contributed by atoms with van der Waals surface area (Å²) < 4.78 is 24.8. The summed E-state index contributed by atoms with van der Waals surface area (Å²) in [5.74, 6) is 0.0475. The van der Waals surface area contributed by atoms with Gasteiger partial charge >= 0.3 is 0 Å². The summed E-state index contributed by atoms with van der Waals surface area (Å²) in [7, 11) is -1.19. The van der Waals surface area contributed by atoms with E-state index in [2.05, 4.69) is 4.98 Å². The zero-order valence-corrected chi connectivity index (χ0v) is 10.5. The van der Waals surface area contributed by atoms with Crippen LogP contribution in [0, 0.1) is 5.82 Å². The van der Waals surface area contributed by atoms with Crippen LogP contribution in [0.5, 0.6) is 0 Å². The van der Waals surface area contributed by atoms with Gasteiger partial charge in [0.25, 0.3) is 0 Å². The SMILES string of the molecule is NCc1cc(CS(=O)c2ccc(F)cc2)ccn1. The quantitative estimate of drug-likeness (QED) is 0.918. The Morgan fingerprint density at radius 3 is 2.61 bits per heavy atom. The minimum atomic E-state index is -1.19. The van der Waals surface area contributed by atoms with Crippen LogP contribution in [0.15, 0.2) is 47.5 Å². The molecule has 0 amide bonds. The Labute approximate surface area is 107 Å². The fourth-order valence-electron chi connectivity index (χ4n) is 1.55. The lowest BCUT2D eigenvalue weighted by molar-refractivity contribution is 0.626. The predicted octanol–water partition coefficient (Wildman–Crippen LogP) is 1.99. The number of hydrogen-bond donors (Lipinski definition) is 1. The second-order valence-electron chi connectivity index (χ2n) is 3.80. The molecular weight excluding hydrogens is 251 g/mol. The molecule has 94 valence electrons. The van der Waals surface area contributed by atoms with Gasteiger partial charge in [0.1, 0.15) is 5.82 Å². The molecule has 0 fully saturated rings. The van der Waals surface area contributed by atoms with Crippen LogP contribution in [0.4, 0.5) is 4.39 Å². The Morgan fingerprint density at radius 2 is 1.94 bits per heavy atom. The van der Waals surface area contributed by atoms with Gasteiger partial charge in [0.05, 0.1) is 22.2 Å². The van der Waals surface area contributed by atoms with Crippen LogP contribution < -0.4 is 5.73 Å². The second-order valence-corrected chi connectivity index (χ2v) is 5.25. The molecule has 5 heteroatoms. The first-order valence-electron chi connectivity index (χ1n) is 5.47. The van der Waals surface area contributed by atoms with E-state index in [4.69, 9.17) is 5.73 Å². The van der Waals surface area contributed by atoms with E-state index in [1.165, 1.54) is 24.3 Å². The average Bonchev–Trinajstić information content (AvgIpc) is 2.39. The van der Waals surface area contributed by atoms with Gasteiger partial charge in [0.2, 0.25) is 0 Å². The number of halogens is 1. The maximum Gasteiger partial charge on any atom is 0.123 e. The van der Waals surface area contributed by atoms with E-state index >= 15 is 0 Å².